The largest absolute Gasteiger partial charge is 0.393 e. The van der Waals surface area contributed by atoms with Crippen molar-refractivity contribution in [2.24, 2.45) is 0 Å². The molecule has 0 spiro atoms. The second kappa shape index (κ2) is 5.90. The van der Waals surface area contributed by atoms with Gasteiger partial charge < -0.3 is 24.4 Å². The molecule has 7 nitrogen and oxygen atoms in total. The molecule has 1 fully saturated rings. The summed E-state index contributed by atoms with van der Waals surface area (Å²) in [5.74, 6) is 0.241. The fourth-order valence-corrected chi connectivity index (χ4v) is 2.44. The minimum absolute atomic E-state index is 0.0979. The van der Waals surface area contributed by atoms with E-state index in [9.17, 15) is 15.0 Å². The Bertz CT molecular complexity index is 487. The van der Waals surface area contributed by atoms with Gasteiger partial charge in [0.25, 0.3) is 5.91 Å². The highest BCUT2D eigenvalue weighted by Gasteiger charge is 2.36. The van der Waals surface area contributed by atoms with Gasteiger partial charge >= 0.3 is 0 Å². The Morgan fingerprint density at radius 3 is 3.00 bits per heavy atom. The van der Waals surface area contributed by atoms with E-state index in [0.29, 0.717) is 30.7 Å². The normalized spacial score (nSPS) is 23.1. The highest BCUT2D eigenvalue weighted by atomic mass is 16.5. The lowest BCUT2D eigenvalue weighted by Gasteiger charge is -2.37. The number of aliphatic hydroxyl groups is 2. The number of nitrogens with zero attached hydrogens (tertiary/aromatic N) is 2. The van der Waals surface area contributed by atoms with Gasteiger partial charge in [-0.25, -0.2) is 0 Å². The summed E-state index contributed by atoms with van der Waals surface area (Å²) in [5, 5.41) is 23.1. The van der Waals surface area contributed by atoms with Crippen molar-refractivity contribution >= 4 is 5.91 Å². The van der Waals surface area contributed by atoms with Crippen molar-refractivity contribution in [3.05, 3.63) is 17.0 Å². The number of piperidine rings is 1. The Morgan fingerprint density at radius 1 is 1.60 bits per heavy atom. The molecule has 112 valence electrons. The van der Waals surface area contributed by atoms with Gasteiger partial charge in [-0.05, 0) is 19.8 Å². The lowest BCUT2D eigenvalue weighted by Crippen LogP contribution is -2.52. The molecule has 1 aliphatic heterocycles. The fraction of sp³-hybridized carbons (Fsp3) is 0.692. The summed E-state index contributed by atoms with van der Waals surface area (Å²) >= 11 is 0. The van der Waals surface area contributed by atoms with Crippen molar-refractivity contribution in [2.45, 2.75) is 32.0 Å². The van der Waals surface area contributed by atoms with Crippen LogP contribution in [0.15, 0.2) is 4.52 Å². The van der Waals surface area contributed by atoms with Gasteiger partial charge in [0.2, 0.25) is 0 Å². The Labute approximate surface area is 117 Å². The first kappa shape index (κ1) is 15.0. The number of amides is 1. The minimum Gasteiger partial charge on any atom is -0.393 e. The minimum atomic E-state index is -1.23. The lowest BCUT2D eigenvalue weighted by atomic mass is 9.93. The zero-order valence-electron chi connectivity index (χ0n) is 11.8. The van der Waals surface area contributed by atoms with E-state index in [4.69, 9.17) is 9.26 Å². The molecule has 0 aliphatic carbocycles. The molecule has 20 heavy (non-hydrogen) atoms. The molecular weight excluding hydrogens is 264 g/mol. The summed E-state index contributed by atoms with van der Waals surface area (Å²) in [4.78, 5) is 14.0. The molecule has 2 rings (SSSR count). The number of hydrogen-bond donors (Lipinski definition) is 2. The van der Waals surface area contributed by atoms with E-state index >= 15 is 0 Å². The number of aryl methyl sites for hydroxylation is 1. The SMILES string of the molecule is COCc1c(C(=O)N2CCCC(O)(CO)C2)noc1C. The van der Waals surface area contributed by atoms with Gasteiger partial charge in [0.05, 0.1) is 25.3 Å². The average molecular weight is 284 g/mol. The van der Waals surface area contributed by atoms with Crippen LogP contribution in [0.4, 0.5) is 0 Å². The smallest absolute Gasteiger partial charge is 0.276 e. The van der Waals surface area contributed by atoms with Crippen LogP contribution in [-0.2, 0) is 11.3 Å². The Balaban J connectivity index is 2.19. The second-order valence-corrected chi connectivity index (χ2v) is 5.21. The van der Waals surface area contributed by atoms with E-state index in [0.717, 1.165) is 0 Å². The van der Waals surface area contributed by atoms with Crippen LogP contribution in [0.25, 0.3) is 0 Å². The van der Waals surface area contributed by atoms with Crippen LogP contribution in [0.5, 0.6) is 0 Å². The van der Waals surface area contributed by atoms with Gasteiger partial charge in [0.15, 0.2) is 5.69 Å². The summed E-state index contributed by atoms with van der Waals surface area (Å²) < 4.78 is 10.1. The Hall–Kier alpha value is -1.44. The monoisotopic (exact) mass is 284 g/mol. The van der Waals surface area contributed by atoms with Crippen LogP contribution in [-0.4, -0.2) is 58.6 Å². The third-order valence-corrected chi connectivity index (χ3v) is 3.61. The van der Waals surface area contributed by atoms with Crippen LogP contribution in [0, 0.1) is 6.92 Å². The lowest BCUT2D eigenvalue weighted by molar-refractivity contribution is -0.0600. The van der Waals surface area contributed by atoms with Crippen molar-refractivity contribution in [1.82, 2.24) is 10.1 Å². The van der Waals surface area contributed by atoms with Gasteiger partial charge in [-0.2, -0.15) is 0 Å². The van der Waals surface area contributed by atoms with Gasteiger partial charge in [0.1, 0.15) is 11.4 Å². The molecule has 1 atom stereocenters. The maximum Gasteiger partial charge on any atom is 0.276 e. The maximum atomic E-state index is 12.5. The molecule has 2 heterocycles. The molecule has 1 aliphatic rings. The molecule has 0 saturated carbocycles. The first-order valence-electron chi connectivity index (χ1n) is 6.57. The predicted octanol–water partition coefficient (Wildman–Crippen LogP) is 0.0888. The van der Waals surface area contributed by atoms with Gasteiger partial charge in [-0.3, -0.25) is 4.79 Å². The zero-order valence-corrected chi connectivity index (χ0v) is 11.8. The number of hydrogen-bond acceptors (Lipinski definition) is 6. The van der Waals surface area contributed by atoms with Crippen LogP contribution >= 0.6 is 0 Å². The number of carbonyl (C=O) groups excluding carboxylic acids is 1. The molecule has 0 bridgehead atoms. The molecule has 7 heteroatoms. The predicted molar refractivity (Wildman–Crippen MR) is 69.1 cm³/mol. The van der Waals surface area contributed by atoms with Crippen LogP contribution < -0.4 is 0 Å². The van der Waals surface area contributed by atoms with Crippen molar-refractivity contribution in [3.8, 4) is 0 Å². The van der Waals surface area contributed by atoms with Crippen molar-refractivity contribution in [1.29, 1.82) is 0 Å². The maximum absolute atomic E-state index is 12.5. The quantitative estimate of drug-likeness (QED) is 0.813. The topological polar surface area (TPSA) is 96.0 Å². The molecule has 1 saturated heterocycles. The molecule has 1 aromatic heterocycles. The summed E-state index contributed by atoms with van der Waals surface area (Å²) in [6, 6.07) is 0. The highest BCUT2D eigenvalue weighted by molar-refractivity contribution is 5.94. The van der Waals surface area contributed by atoms with Gasteiger partial charge in [0, 0.05) is 13.7 Å². The Kier molecular flexibility index (Phi) is 4.42. The van der Waals surface area contributed by atoms with Crippen molar-refractivity contribution < 1.29 is 24.3 Å². The molecule has 2 N–H and O–H groups in total. The molecule has 0 aromatic carbocycles. The van der Waals surface area contributed by atoms with E-state index < -0.39 is 5.60 Å². The summed E-state index contributed by atoms with van der Waals surface area (Å²) in [5.41, 5.74) is -0.393. The van der Waals surface area contributed by atoms with E-state index in [1.54, 1.807) is 6.92 Å². The third-order valence-electron chi connectivity index (χ3n) is 3.61. The number of ether oxygens (including phenoxy) is 1. The highest BCUT2D eigenvalue weighted by Crippen LogP contribution is 2.23. The van der Waals surface area contributed by atoms with E-state index in [-0.39, 0.29) is 31.4 Å². The summed E-state index contributed by atoms with van der Waals surface area (Å²) in [6.45, 7) is 2.23. The molecule has 1 amide bonds. The summed E-state index contributed by atoms with van der Waals surface area (Å²) in [7, 11) is 1.53. The zero-order chi connectivity index (χ0) is 14.8. The molecule has 1 aromatic rings. The first-order chi connectivity index (χ1) is 9.50. The number of methoxy groups -OCH3 is 1. The van der Waals surface area contributed by atoms with Gasteiger partial charge in [-0.15, -0.1) is 0 Å². The van der Waals surface area contributed by atoms with E-state index in [1.807, 2.05) is 0 Å². The van der Waals surface area contributed by atoms with E-state index in [2.05, 4.69) is 5.16 Å². The van der Waals surface area contributed by atoms with Crippen molar-refractivity contribution in [2.75, 3.05) is 26.8 Å². The van der Waals surface area contributed by atoms with Crippen LogP contribution in [0.2, 0.25) is 0 Å². The third kappa shape index (κ3) is 2.84. The van der Waals surface area contributed by atoms with Crippen LogP contribution in [0.3, 0.4) is 0 Å². The Morgan fingerprint density at radius 2 is 2.35 bits per heavy atom. The summed E-state index contributed by atoms with van der Waals surface area (Å²) in [6.07, 6.45) is 1.12. The number of aromatic nitrogens is 1. The van der Waals surface area contributed by atoms with Crippen molar-refractivity contribution in [3.63, 3.8) is 0 Å². The molecule has 0 radical (unpaired) electrons. The van der Waals surface area contributed by atoms with E-state index in [1.165, 1.54) is 12.0 Å². The van der Waals surface area contributed by atoms with Gasteiger partial charge in [-0.1, -0.05) is 5.16 Å². The fourth-order valence-electron chi connectivity index (χ4n) is 2.44. The average Bonchev–Trinajstić information content (AvgIpc) is 2.80. The molecular formula is C13H20N2O5. The molecule has 1 unspecified atom stereocenters. The first-order valence-corrected chi connectivity index (χ1v) is 6.57. The second-order valence-electron chi connectivity index (χ2n) is 5.21. The number of carbonyl (C=O) groups is 1. The number of β-amino-alcohol motifs (C(OH)–C–C–N with tert-alkyl or cyclic N) is 1. The standard InChI is InChI=1S/C13H20N2O5/c1-9-10(6-19-2)11(14-20-9)12(17)15-5-3-4-13(18,7-15)8-16/h16,18H,3-8H2,1-2H3. The van der Waals surface area contributed by atoms with Crippen LogP contribution in [0.1, 0.15) is 34.7 Å². The number of rotatable bonds is 4. The number of aliphatic hydroxyl groups excluding tert-OH is 1. The number of likely N-dealkylation sites (tertiary alicyclic amines) is 1.